The molecule has 1 heterocycles. The van der Waals surface area contributed by atoms with Crippen LogP contribution in [0.25, 0.3) is 0 Å². The predicted molar refractivity (Wildman–Crippen MR) is 129 cm³/mol. The van der Waals surface area contributed by atoms with Crippen molar-refractivity contribution in [2.24, 2.45) is 0 Å². The van der Waals surface area contributed by atoms with Gasteiger partial charge in [-0.1, -0.05) is 73.5 Å². The van der Waals surface area contributed by atoms with Crippen LogP contribution in [0, 0.1) is 0 Å². The van der Waals surface area contributed by atoms with Gasteiger partial charge in [-0.15, -0.1) is 0 Å². The SMILES string of the molecule is CCCCc1ncc(CCC(=O)NC(Cc2ccccc2)C(=O)O)n1Cc1ccccc1Cl. The summed E-state index contributed by atoms with van der Waals surface area (Å²) < 4.78 is 2.13. The second-order valence-electron chi connectivity index (χ2n) is 8.09. The first-order valence-electron chi connectivity index (χ1n) is 11.3. The molecule has 0 aliphatic rings. The minimum atomic E-state index is -1.04. The topological polar surface area (TPSA) is 84.2 Å². The van der Waals surface area contributed by atoms with Crippen LogP contribution in [0.3, 0.4) is 0 Å². The number of carbonyl (C=O) groups is 2. The Hall–Kier alpha value is -3.12. The van der Waals surface area contributed by atoms with Crippen LogP contribution >= 0.6 is 11.6 Å². The fourth-order valence-electron chi connectivity index (χ4n) is 3.74. The van der Waals surface area contributed by atoms with Crippen molar-refractivity contribution in [3.63, 3.8) is 0 Å². The monoisotopic (exact) mass is 467 g/mol. The largest absolute Gasteiger partial charge is 0.480 e. The van der Waals surface area contributed by atoms with Crippen molar-refractivity contribution in [3.8, 4) is 0 Å². The van der Waals surface area contributed by atoms with E-state index in [2.05, 4.69) is 21.8 Å². The molecule has 0 bridgehead atoms. The molecule has 1 amide bonds. The summed E-state index contributed by atoms with van der Waals surface area (Å²) in [5, 5.41) is 12.9. The second-order valence-corrected chi connectivity index (χ2v) is 8.50. The normalized spacial score (nSPS) is 11.8. The number of hydrogen-bond donors (Lipinski definition) is 2. The molecule has 1 atom stereocenters. The van der Waals surface area contributed by atoms with Crippen molar-refractivity contribution in [1.29, 1.82) is 0 Å². The first-order valence-corrected chi connectivity index (χ1v) is 11.7. The zero-order valence-electron chi connectivity index (χ0n) is 18.8. The van der Waals surface area contributed by atoms with E-state index >= 15 is 0 Å². The maximum absolute atomic E-state index is 12.6. The van der Waals surface area contributed by atoms with Crippen molar-refractivity contribution in [1.82, 2.24) is 14.9 Å². The molecule has 3 rings (SSSR count). The van der Waals surface area contributed by atoms with Crippen LogP contribution in [0.1, 0.15) is 48.8 Å². The first kappa shape index (κ1) is 24.5. The molecule has 2 N–H and O–H groups in total. The number of benzene rings is 2. The van der Waals surface area contributed by atoms with Gasteiger partial charge in [0.2, 0.25) is 5.91 Å². The molecule has 0 radical (unpaired) electrons. The molecule has 0 spiro atoms. The van der Waals surface area contributed by atoms with Crippen LogP contribution in [0.4, 0.5) is 0 Å². The fourth-order valence-corrected chi connectivity index (χ4v) is 3.93. The number of carbonyl (C=O) groups excluding carboxylic acids is 1. The van der Waals surface area contributed by atoms with Crippen LogP contribution in [-0.2, 0) is 35.4 Å². The Morgan fingerprint density at radius 2 is 1.82 bits per heavy atom. The number of halogens is 1. The van der Waals surface area contributed by atoms with Crippen molar-refractivity contribution < 1.29 is 14.7 Å². The maximum atomic E-state index is 12.6. The Labute approximate surface area is 199 Å². The fraction of sp³-hybridized carbons (Fsp3) is 0.346. The number of aryl methyl sites for hydroxylation is 2. The molecular formula is C26H30ClN3O3. The highest BCUT2D eigenvalue weighted by Gasteiger charge is 2.21. The lowest BCUT2D eigenvalue weighted by Crippen LogP contribution is -2.42. The molecule has 0 aliphatic carbocycles. The first-order chi connectivity index (χ1) is 16.0. The van der Waals surface area contributed by atoms with E-state index in [1.54, 1.807) is 0 Å². The van der Waals surface area contributed by atoms with Crippen molar-refractivity contribution in [2.45, 2.75) is 58.0 Å². The molecule has 1 aromatic heterocycles. The standard InChI is InChI=1S/C26H30ClN3O3/c1-2-3-13-24-28-17-21(30(24)18-20-11-7-8-12-22(20)27)14-15-25(31)29-23(26(32)33)16-19-9-5-4-6-10-19/h4-12,17,23H,2-3,13-16,18H2,1H3,(H,29,31)(H,32,33). The van der Waals surface area contributed by atoms with Gasteiger partial charge in [-0.25, -0.2) is 9.78 Å². The summed E-state index contributed by atoms with van der Waals surface area (Å²) in [7, 11) is 0. The Balaban J connectivity index is 1.67. The van der Waals surface area contributed by atoms with Gasteiger partial charge in [-0.2, -0.15) is 0 Å². The number of aromatic nitrogens is 2. The average Bonchev–Trinajstić information content (AvgIpc) is 3.19. The number of hydrogen-bond acceptors (Lipinski definition) is 3. The number of imidazole rings is 1. The summed E-state index contributed by atoms with van der Waals surface area (Å²) in [5.74, 6) is -0.364. The third-order valence-electron chi connectivity index (χ3n) is 5.59. The van der Waals surface area contributed by atoms with E-state index in [1.165, 1.54) is 0 Å². The summed E-state index contributed by atoms with van der Waals surface area (Å²) in [6.45, 7) is 2.72. The lowest BCUT2D eigenvalue weighted by atomic mass is 10.1. The third-order valence-corrected chi connectivity index (χ3v) is 5.95. The van der Waals surface area contributed by atoms with E-state index in [0.29, 0.717) is 18.0 Å². The Morgan fingerprint density at radius 1 is 1.09 bits per heavy atom. The summed E-state index contributed by atoms with van der Waals surface area (Å²) in [5.41, 5.74) is 2.80. The van der Waals surface area contributed by atoms with Crippen LogP contribution in [0.2, 0.25) is 5.02 Å². The molecule has 0 fully saturated rings. The quantitative estimate of drug-likeness (QED) is 0.405. The molecule has 2 aromatic carbocycles. The predicted octanol–water partition coefficient (Wildman–Crippen LogP) is 4.67. The number of amides is 1. The summed E-state index contributed by atoms with van der Waals surface area (Å²) >= 11 is 6.38. The van der Waals surface area contributed by atoms with E-state index in [1.807, 2.05) is 60.8 Å². The van der Waals surface area contributed by atoms with Gasteiger partial charge in [-0.05, 0) is 30.0 Å². The maximum Gasteiger partial charge on any atom is 0.326 e. The molecule has 3 aromatic rings. The van der Waals surface area contributed by atoms with Crippen molar-refractivity contribution in [2.75, 3.05) is 0 Å². The Bertz CT molecular complexity index is 1070. The zero-order chi connectivity index (χ0) is 23.6. The van der Waals surface area contributed by atoms with Crippen LogP contribution in [0.5, 0.6) is 0 Å². The van der Waals surface area contributed by atoms with E-state index in [-0.39, 0.29) is 18.7 Å². The summed E-state index contributed by atoms with van der Waals surface area (Å²) in [6.07, 6.45) is 5.65. The lowest BCUT2D eigenvalue weighted by Gasteiger charge is -2.16. The lowest BCUT2D eigenvalue weighted by molar-refractivity contribution is -0.141. The minimum Gasteiger partial charge on any atom is -0.480 e. The molecule has 0 saturated heterocycles. The molecule has 174 valence electrons. The van der Waals surface area contributed by atoms with Crippen LogP contribution in [-0.4, -0.2) is 32.6 Å². The minimum absolute atomic E-state index is 0.181. The van der Waals surface area contributed by atoms with Crippen molar-refractivity contribution >= 4 is 23.5 Å². The van der Waals surface area contributed by atoms with E-state index in [0.717, 1.165) is 41.9 Å². The molecule has 7 heteroatoms. The van der Waals surface area contributed by atoms with Gasteiger partial charge < -0.3 is 15.0 Å². The van der Waals surface area contributed by atoms with Crippen LogP contribution < -0.4 is 5.32 Å². The van der Waals surface area contributed by atoms with Crippen molar-refractivity contribution in [3.05, 3.63) is 88.5 Å². The van der Waals surface area contributed by atoms with Gasteiger partial charge in [0, 0.05) is 36.2 Å². The number of aliphatic carboxylic acids is 1. The van der Waals surface area contributed by atoms with Gasteiger partial charge in [0.05, 0.1) is 6.54 Å². The summed E-state index contributed by atoms with van der Waals surface area (Å²) in [6, 6.07) is 16.0. The summed E-state index contributed by atoms with van der Waals surface area (Å²) in [4.78, 5) is 28.9. The van der Waals surface area contributed by atoms with Gasteiger partial charge in [-0.3, -0.25) is 4.79 Å². The second kappa shape index (κ2) is 12.2. The van der Waals surface area contributed by atoms with E-state index < -0.39 is 12.0 Å². The molecule has 6 nitrogen and oxygen atoms in total. The molecular weight excluding hydrogens is 438 g/mol. The zero-order valence-corrected chi connectivity index (χ0v) is 19.6. The molecule has 0 aliphatic heterocycles. The number of nitrogens with zero attached hydrogens (tertiary/aromatic N) is 2. The Kier molecular flexibility index (Phi) is 9.07. The van der Waals surface area contributed by atoms with Gasteiger partial charge in [0.15, 0.2) is 0 Å². The Morgan fingerprint density at radius 3 is 2.52 bits per heavy atom. The molecule has 0 saturated carbocycles. The highest BCUT2D eigenvalue weighted by Crippen LogP contribution is 2.20. The number of carboxylic acids is 1. The molecule has 33 heavy (non-hydrogen) atoms. The number of carboxylic acid groups (broad SMARTS) is 1. The average molecular weight is 468 g/mol. The number of unbranched alkanes of at least 4 members (excludes halogenated alkanes) is 1. The van der Waals surface area contributed by atoms with E-state index in [4.69, 9.17) is 11.6 Å². The third kappa shape index (κ3) is 7.19. The number of nitrogens with one attached hydrogen (secondary N) is 1. The highest BCUT2D eigenvalue weighted by atomic mass is 35.5. The van der Waals surface area contributed by atoms with Crippen LogP contribution in [0.15, 0.2) is 60.8 Å². The molecule has 1 unspecified atom stereocenters. The number of rotatable bonds is 12. The van der Waals surface area contributed by atoms with Gasteiger partial charge >= 0.3 is 5.97 Å². The van der Waals surface area contributed by atoms with Gasteiger partial charge in [0.25, 0.3) is 0 Å². The van der Waals surface area contributed by atoms with Gasteiger partial charge in [0.1, 0.15) is 11.9 Å². The smallest absolute Gasteiger partial charge is 0.326 e. The van der Waals surface area contributed by atoms with E-state index in [9.17, 15) is 14.7 Å². The highest BCUT2D eigenvalue weighted by molar-refractivity contribution is 6.31.